The number of nitrogens with zero attached hydrogens (tertiary/aromatic N) is 7. The molecule has 0 spiro atoms. The molecule has 0 aliphatic carbocycles. The third kappa shape index (κ3) is 7.07. The zero-order valence-electron chi connectivity index (χ0n) is 24.8. The smallest absolute Gasteiger partial charge is 0.167 e. The van der Waals surface area contributed by atoms with Crippen LogP contribution in [0.4, 0.5) is 0 Å². The molecule has 4 heterocycles. The number of piperazine rings is 1. The molecule has 8 nitrogen and oxygen atoms in total. The lowest BCUT2D eigenvalue weighted by molar-refractivity contribution is 0.0993. The van der Waals surface area contributed by atoms with Crippen LogP contribution in [0.2, 0.25) is 0 Å². The number of carbonyl (C=O) groups is 1. The number of pyridine rings is 1. The number of hydrogen-bond donors (Lipinski definition) is 0. The fourth-order valence-corrected chi connectivity index (χ4v) is 6.02. The van der Waals surface area contributed by atoms with Gasteiger partial charge in [0.25, 0.3) is 0 Å². The third-order valence-corrected chi connectivity index (χ3v) is 8.93. The van der Waals surface area contributed by atoms with Gasteiger partial charge in [-0.2, -0.15) is 0 Å². The summed E-state index contributed by atoms with van der Waals surface area (Å²) in [4.78, 5) is 32.9. The Hall–Kier alpha value is -4.18. The van der Waals surface area contributed by atoms with Crippen molar-refractivity contribution in [2.75, 3.05) is 33.2 Å². The molecule has 0 saturated carbocycles. The Kier molecular flexibility index (Phi) is 8.74. The van der Waals surface area contributed by atoms with Gasteiger partial charge < -0.3 is 4.90 Å². The van der Waals surface area contributed by atoms with Gasteiger partial charge in [0, 0.05) is 80.8 Å². The maximum atomic E-state index is 13.2. The minimum Gasteiger partial charge on any atom is -0.304 e. The second kappa shape index (κ2) is 13.0. The Labute approximate surface area is 256 Å². The number of aromatic nitrogens is 5. The van der Waals surface area contributed by atoms with E-state index in [4.69, 9.17) is 4.98 Å². The fraction of sp³-hybridized carbons (Fsp3) is 0.294. The van der Waals surface area contributed by atoms with Gasteiger partial charge in [0.2, 0.25) is 0 Å². The first-order valence-electron chi connectivity index (χ1n) is 14.6. The van der Waals surface area contributed by atoms with Crippen LogP contribution in [0.3, 0.4) is 0 Å². The first kappa shape index (κ1) is 28.9. The van der Waals surface area contributed by atoms with E-state index in [1.807, 2.05) is 43.6 Å². The third-order valence-electron chi connectivity index (χ3n) is 8.06. The van der Waals surface area contributed by atoms with Gasteiger partial charge in [-0.1, -0.05) is 47.0 Å². The molecule has 1 aliphatic heterocycles. The summed E-state index contributed by atoms with van der Waals surface area (Å²) in [7, 11) is 2.17. The number of rotatable bonds is 9. The zero-order chi connectivity index (χ0) is 29.8. The number of carbonyl (C=O) groups excluding carboxylic acids is 1. The van der Waals surface area contributed by atoms with Gasteiger partial charge in [-0.3, -0.25) is 14.7 Å². The molecule has 6 rings (SSSR count). The van der Waals surface area contributed by atoms with Crippen molar-refractivity contribution in [1.29, 1.82) is 0 Å². The topological polar surface area (TPSA) is 88.0 Å². The SMILES string of the molecule is Cc1ccc(CC(=O)c2ccc(CN3CCN(C)CC3)cc2)cc1Cc1nccc(-c2cncc(-c3snnc3C)c2)n1. The van der Waals surface area contributed by atoms with Gasteiger partial charge in [-0.15, -0.1) is 5.10 Å². The quantitative estimate of drug-likeness (QED) is 0.210. The highest BCUT2D eigenvalue weighted by Crippen LogP contribution is 2.28. The second-order valence-electron chi connectivity index (χ2n) is 11.3. The lowest BCUT2D eigenvalue weighted by Crippen LogP contribution is -2.43. The van der Waals surface area contributed by atoms with Crippen LogP contribution >= 0.6 is 11.5 Å². The van der Waals surface area contributed by atoms with Gasteiger partial charge in [-0.05, 0) is 66.8 Å². The van der Waals surface area contributed by atoms with Crippen molar-refractivity contribution in [3.63, 3.8) is 0 Å². The molecule has 3 aromatic heterocycles. The lowest BCUT2D eigenvalue weighted by atomic mass is 9.97. The lowest BCUT2D eigenvalue weighted by Gasteiger charge is -2.32. The normalized spacial score (nSPS) is 14.2. The molecule has 0 atom stereocenters. The molecule has 1 aliphatic rings. The van der Waals surface area contributed by atoms with Crippen LogP contribution in [0.25, 0.3) is 21.7 Å². The minimum absolute atomic E-state index is 0.123. The molecule has 0 amide bonds. The van der Waals surface area contributed by atoms with Crippen molar-refractivity contribution in [3.8, 4) is 21.7 Å². The van der Waals surface area contributed by atoms with Gasteiger partial charge in [0.05, 0.1) is 16.3 Å². The summed E-state index contributed by atoms with van der Waals surface area (Å²) >= 11 is 1.36. The first-order valence-corrected chi connectivity index (χ1v) is 15.4. The van der Waals surface area contributed by atoms with Crippen molar-refractivity contribution in [1.82, 2.24) is 34.3 Å². The van der Waals surface area contributed by atoms with Gasteiger partial charge >= 0.3 is 0 Å². The van der Waals surface area contributed by atoms with Crippen molar-refractivity contribution in [2.24, 2.45) is 0 Å². The van der Waals surface area contributed by atoms with Crippen LogP contribution in [-0.4, -0.2) is 73.3 Å². The molecule has 0 radical (unpaired) electrons. The largest absolute Gasteiger partial charge is 0.304 e. The summed E-state index contributed by atoms with van der Waals surface area (Å²) in [6.45, 7) is 9.33. The van der Waals surface area contributed by atoms with E-state index in [-0.39, 0.29) is 5.78 Å². The van der Waals surface area contributed by atoms with Crippen LogP contribution in [0.1, 0.15) is 44.1 Å². The summed E-state index contributed by atoms with van der Waals surface area (Å²) < 4.78 is 4.05. The van der Waals surface area contributed by atoms with E-state index >= 15 is 0 Å². The number of hydrogen-bond acceptors (Lipinski definition) is 9. The molecular formula is C34H35N7OS. The molecule has 0 unspecified atom stereocenters. The Morgan fingerprint density at radius 1 is 0.907 bits per heavy atom. The number of likely N-dealkylation sites (N-methyl/N-ethyl adjacent to an activating group) is 1. The van der Waals surface area contributed by atoms with Crippen molar-refractivity contribution < 1.29 is 4.79 Å². The highest BCUT2D eigenvalue weighted by molar-refractivity contribution is 7.09. The van der Waals surface area contributed by atoms with Crippen LogP contribution in [-0.2, 0) is 19.4 Å². The molecule has 5 aromatic rings. The van der Waals surface area contributed by atoms with Crippen molar-refractivity contribution >= 4 is 17.3 Å². The molecule has 43 heavy (non-hydrogen) atoms. The average Bonchev–Trinajstić information content (AvgIpc) is 3.46. The fourth-order valence-electron chi connectivity index (χ4n) is 5.39. The van der Waals surface area contributed by atoms with Gasteiger partial charge in [-0.25, -0.2) is 9.97 Å². The Balaban J connectivity index is 1.13. The van der Waals surface area contributed by atoms with Crippen LogP contribution in [0.15, 0.2) is 73.2 Å². The molecule has 9 heteroatoms. The van der Waals surface area contributed by atoms with Crippen LogP contribution in [0.5, 0.6) is 0 Å². The van der Waals surface area contributed by atoms with Crippen molar-refractivity contribution in [2.45, 2.75) is 33.2 Å². The van der Waals surface area contributed by atoms with Gasteiger partial charge in [0.15, 0.2) is 5.78 Å². The Morgan fingerprint density at radius 2 is 1.67 bits per heavy atom. The van der Waals surface area contributed by atoms with E-state index in [1.54, 1.807) is 6.20 Å². The number of ketones is 1. The summed E-state index contributed by atoms with van der Waals surface area (Å²) in [5.41, 5.74) is 8.85. The zero-order valence-corrected chi connectivity index (χ0v) is 25.6. The molecule has 1 fully saturated rings. The monoisotopic (exact) mass is 589 g/mol. The van der Waals surface area contributed by atoms with E-state index in [0.29, 0.717) is 12.8 Å². The maximum absolute atomic E-state index is 13.2. The summed E-state index contributed by atoms with van der Waals surface area (Å²) in [6.07, 6.45) is 6.37. The maximum Gasteiger partial charge on any atom is 0.167 e. The van der Waals surface area contributed by atoms with E-state index in [0.717, 1.165) is 88.2 Å². The molecular weight excluding hydrogens is 554 g/mol. The van der Waals surface area contributed by atoms with E-state index < -0.39 is 0 Å². The highest BCUT2D eigenvalue weighted by Gasteiger charge is 2.15. The molecule has 0 bridgehead atoms. The Bertz CT molecular complexity index is 1730. The highest BCUT2D eigenvalue weighted by atomic mass is 32.1. The van der Waals surface area contributed by atoms with Crippen LogP contribution in [0, 0.1) is 13.8 Å². The summed E-state index contributed by atoms with van der Waals surface area (Å²) in [5.74, 6) is 0.846. The van der Waals surface area contributed by atoms with E-state index in [9.17, 15) is 4.79 Å². The molecule has 2 aromatic carbocycles. The number of Topliss-reactive ketones (excluding diaryl/α,β-unsaturated/α-hetero) is 1. The first-order chi connectivity index (χ1) is 20.9. The van der Waals surface area contributed by atoms with E-state index in [2.05, 4.69) is 73.7 Å². The van der Waals surface area contributed by atoms with Gasteiger partial charge in [0.1, 0.15) is 5.82 Å². The predicted octanol–water partition coefficient (Wildman–Crippen LogP) is 5.44. The number of aryl methyl sites for hydroxylation is 2. The average molecular weight is 590 g/mol. The minimum atomic E-state index is 0.123. The summed E-state index contributed by atoms with van der Waals surface area (Å²) in [6, 6.07) is 18.3. The van der Waals surface area contributed by atoms with Crippen LogP contribution < -0.4 is 0 Å². The molecule has 0 N–H and O–H groups in total. The second-order valence-corrected chi connectivity index (χ2v) is 12.1. The number of benzene rings is 2. The summed E-state index contributed by atoms with van der Waals surface area (Å²) in [5, 5.41) is 4.12. The predicted molar refractivity (Wildman–Crippen MR) is 170 cm³/mol. The molecule has 1 saturated heterocycles. The Morgan fingerprint density at radius 3 is 2.44 bits per heavy atom. The van der Waals surface area contributed by atoms with Crippen molar-refractivity contribution in [3.05, 3.63) is 113 Å². The molecule has 218 valence electrons. The standard InChI is InChI=1S/C34H35N7OS/c1-23-4-5-26(17-32(42)27-8-6-25(7-9-27)22-41-14-12-40(3)13-15-41)16-28(23)19-33-36-11-10-31(37-33)29-18-30(21-35-20-29)34-24(2)38-39-43-34/h4-11,16,18,20-21H,12-15,17,19,22H2,1-3H3. The van der Waals surface area contributed by atoms with E-state index in [1.165, 1.54) is 17.1 Å².